The van der Waals surface area contributed by atoms with Gasteiger partial charge in [0.05, 0.1) is 6.10 Å². The molecule has 1 aromatic carbocycles. The molecule has 3 rings (SSSR count). The zero-order valence-electron chi connectivity index (χ0n) is 10.5. The van der Waals surface area contributed by atoms with Gasteiger partial charge in [-0.2, -0.15) is 0 Å². The third-order valence-electron chi connectivity index (χ3n) is 3.56. The highest BCUT2D eigenvalue weighted by Gasteiger charge is 2.32. The highest BCUT2D eigenvalue weighted by atomic mass is 16.5. The Labute approximate surface area is 103 Å². The molecule has 0 aromatic heterocycles. The van der Waals surface area contributed by atoms with Gasteiger partial charge in [0.2, 0.25) is 0 Å². The lowest BCUT2D eigenvalue weighted by atomic mass is 10.0. The first kappa shape index (κ1) is 11.1. The van der Waals surface area contributed by atoms with E-state index in [1.165, 1.54) is 31.2 Å². The second-order valence-corrected chi connectivity index (χ2v) is 5.26. The van der Waals surface area contributed by atoms with E-state index in [4.69, 9.17) is 4.74 Å². The molecule has 2 nitrogen and oxygen atoms in total. The van der Waals surface area contributed by atoms with Gasteiger partial charge in [0.1, 0.15) is 5.75 Å². The van der Waals surface area contributed by atoms with Gasteiger partial charge in [0.15, 0.2) is 0 Å². The molecular weight excluding hydrogens is 210 g/mol. The van der Waals surface area contributed by atoms with Crippen LogP contribution in [0.15, 0.2) is 24.3 Å². The minimum Gasteiger partial charge on any atom is -0.490 e. The summed E-state index contributed by atoms with van der Waals surface area (Å²) < 4.78 is 5.87. The lowest BCUT2D eigenvalue weighted by Crippen LogP contribution is -2.22. The van der Waals surface area contributed by atoms with E-state index in [1.807, 2.05) is 0 Å². The molecule has 0 heterocycles. The number of hydrogen-bond acceptors (Lipinski definition) is 2. The molecule has 2 aliphatic carbocycles. The lowest BCUT2D eigenvalue weighted by molar-refractivity contribution is 0.302. The molecule has 2 fully saturated rings. The standard InChI is InChI=1S/C15H21NO/c1-2-16-15(11-6-7-11)12-4-3-5-14(10-12)17-13-8-9-13/h3-5,10-11,13,15-16H,2,6-9H2,1H3. The van der Waals surface area contributed by atoms with Crippen molar-refractivity contribution in [3.05, 3.63) is 29.8 Å². The zero-order valence-corrected chi connectivity index (χ0v) is 10.5. The molecular formula is C15H21NO. The molecule has 0 aliphatic heterocycles. The maximum Gasteiger partial charge on any atom is 0.120 e. The molecule has 1 aromatic rings. The molecule has 0 saturated heterocycles. The number of hydrogen-bond donors (Lipinski definition) is 1. The van der Waals surface area contributed by atoms with Crippen LogP contribution in [0.5, 0.6) is 5.75 Å². The van der Waals surface area contributed by atoms with Crippen molar-refractivity contribution < 1.29 is 4.74 Å². The summed E-state index contributed by atoms with van der Waals surface area (Å²) in [6, 6.07) is 9.19. The van der Waals surface area contributed by atoms with Gasteiger partial charge in [-0.15, -0.1) is 0 Å². The van der Waals surface area contributed by atoms with Crippen molar-refractivity contribution in [2.75, 3.05) is 6.54 Å². The van der Waals surface area contributed by atoms with Crippen LogP contribution in [-0.4, -0.2) is 12.6 Å². The molecule has 17 heavy (non-hydrogen) atoms. The molecule has 0 spiro atoms. The first-order valence-corrected chi connectivity index (χ1v) is 6.87. The first-order chi connectivity index (χ1) is 8.36. The topological polar surface area (TPSA) is 21.3 Å². The Balaban J connectivity index is 1.74. The summed E-state index contributed by atoms with van der Waals surface area (Å²) in [5.74, 6) is 1.89. The maximum atomic E-state index is 5.87. The van der Waals surface area contributed by atoms with Crippen LogP contribution in [0.3, 0.4) is 0 Å². The Hall–Kier alpha value is -1.02. The minimum absolute atomic E-state index is 0.490. The van der Waals surface area contributed by atoms with Gasteiger partial charge in [-0.3, -0.25) is 0 Å². The third kappa shape index (κ3) is 2.81. The van der Waals surface area contributed by atoms with Crippen LogP contribution in [0, 0.1) is 5.92 Å². The zero-order chi connectivity index (χ0) is 11.7. The van der Waals surface area contributed by atoms with Gasteiger partial charge in [-0.25, -0.2) is 0 Å². The highest BCUT2D eigenvalue weighted by molar-refractivity contribution is 5.32. The van der Waals surface area contributed by atoms with E-state index < -0.39 is 0 Å². The van der Waals surface area contributed by atoms with Crippen LogP contribution in [0.25, 0.3) is 0 Å². The Morgan fingerprint density at radius 1 is 1.29 bits per heavy atom. The monoisotopic (exact) mass is 231 g/mol. The SMILES string of the molecule is CCNC(c1cccc(OC2CC2)c1)C1CC1. The van der Waals surface area contributed by atoms with Crippen molar-refractivity contribution in [2.45, 2.75) is 44.8 Å². The smallest absolute Gasteiger partial charge is 0.120 e. The van der Waals surface area contributed by atoms with Crippen LogP contribution in [0.1, 0.15) is 44.2 Å². The average Bonchev–Trinajstić information content (AvgIpc) is 3.19. The van der Waals surface area contributed by atoms with Crippen LogP contribution in [0.4, 0.5) is 0 Å². The Morgan fingerprint density at radius 2 is 2.12 bits per heavy atom. The molecule has 0 amide bonds. The average molecular weight is 231 g/mol. The quantitative estimate of drug-likeness (QED) is 0.811. The van der Waals surface area contributed by atoms with E-state index in [2.05, 4.69) is 36.5 Å². The molecule has 0 bridgehead atoms. The number of rotatable bonds is 6. The van der Waals surface area contributed by atoms with Crippen molar-refractivity contribution in [3.8, 4) is 5.75 Å². The lowest BCUT2D eigenvalue weighted by Gasteiger charge is -2.18. The van der Waals surface area contributed by atoms with Crippen LogP contribution >= 0.6 is 0 Å². The first-order valence-electron chi connectivity index (χ1n) is 6.87. The summed E-state index contributed by atoms with van der Waals surface area (Å²) in [7, 11) is 0. The Bertz CT molecular complexity index is 382. The van der Waals surface area contributed by atoms with Crippen LogP contribution in [0.2, 0.25) is 0 Å². The molecule has 0 radical (unpaired) electrons. The van der Waals surface area contributed by atoms with Gasteiger partial charge >= 0.3 is 0 Å². The van der Waals surface area contributed by atoms with E-state index in [-0.39, 0.29) is 0 Å². The van der Waals surface area contributed by atoms with E-state index >= 15 is 0 Å². The Morgan fingerprint density at radius 3 is 2.76 bits per heavy atom. The summed E-state index contributed by atoms with van der Waals surface area (Å²) in [6.45, 7) is 3.22. The fourth-order valence-corrected chi connectivity index (χ4v) is 2.37. The molecule has 1 N–H and O–H groups in total. The Kier molecular flexibility index (Phi) is 3.06. The second-order valence-electron chi connectivity index (χ2n) is 5.26. The predicted octanol–water partition coefficient (Wildman–Crippen LogP) is 3.29. The van der Waals surface area contributed by atoms with Gasteiger partial charge in [-0.05, 0) is 55.8 Å². The second kappa shape index (κ2) is 4.69. The van der Waals surface area contributed by atoms with Gasteiger partial charge in [0.25, 0.3) is 0 Å². The minimum atomic E-state index is 0.490. The van der Waals surface area contributed by atoms with Crippen molar-refractivity contribution in [3.63, 3.8) is 0 Å². The van der Waals surface area contributed by atoms with E-state index in [1.54, 1.807) is 0 Å². The van der Waals surface area contributed by atoms with Crippen molar-refractivity contribution in [1.29, 1.82) is 0 Å². The third-order valence-corrected chi connectivity index (χ3v) is 3.56. The summed E-state index contributed by atoms with van der Waals surface area (Å²) in [6.07, 6.45) is 5.67. The normalized spacial score (nSPS) is 21.2. The summed E-state index contributed by atoms with van der Waals surface area (Å²) >= 11 is 0. The van der Waals surface area contributed by atoms with E-state index in [0.29, 0.717) is 12.1 Å². The van der Waals surface area contributed by atoms with Crippen LogP contribution < -0.4 is 10.1 Å². The molecule has 2 heteroatoms. The fourth-order valence-electron chi connectivity index (χ4n) is 2.37. The summed E-state index contributed by atoms with van der Waals surface area (Å²) in [5, 5.41) is 3.60. The van der Waals surface area contributed by atoms with Crippen molar-refractivity contribution in [1.82, 2.24) is 5.32 Å². The molecule has 1 atom stereocenters. The largest absolute Gasteiger partial charge is 0.490 e. The number of nitrogens with one attached hydrogen (secondary N) is 1. The fraction of sp³-hybridized carbons (Fsp3) is 0.600. The summed E-state index contributed by atoms with van der Waals surface area (Å²) in [4.78, 5) is 0. The summed E-state index contributed by atoms with van der Waals surface area (Å²) in [5.41, 5.74) is 1.40. The molecule has 2 aliphatic rings. The van der Waals surface area contributed by atoms with Crippen LogP contribution in [-0.2, 0) is 0 Å². The molecule has 92 valence electrons. The van der Waals surface area contributed by atoms with E-state index in [9.17, 15) is 0 Å². The molecule has 2 saturated carbocycles. The van der Waals surface area contributed by atoms with E-state index in [0.717, 1.165) is 18.2 Å². The maximum absolute atomic E-state index is 5.87. The van der Waals surface area contributed by atoms with Gasteiger partial charge < -0.3 is 10.1 Å². The van der Waals surface area contributed by atoms with Gasteiger partial charge in [0, 0.05) is 6.04 Å². The van der Waals surface area contributed by atoms with Crippen molar-refractivity contribution >= 4 is 0 Å². The predicted molar refractivity (Wildman–Crippen MR) is 69.2 cm³/mol. The number of ether oxygens (including phenoxy) is 1. The molecule has 1 unspecified atom stereocenters. The van der Waals surface area contributed by atoms with Gasteiger partial charge in [-0.1, -0.05) is 19.1 Å². The number of benzene rings is 1. The van der Waals surface area contributed by atoms with Crippen molar-refractivity contribution in [2.24, 2.45) is 5.92 Å². The highest BCUT2D eigenvalue weighted by Crippen LogP contribution is 2.41.